The van der Waals surface area contributed by atoms with Crippen LogP contribution < -0.4 is 0 Å². The van der Waals surface area contributed by atoms with Gasteiger partial charge < -0.3 is 9.47 Å². The molecule has 0 fully saturated rings. The first kappa shape index (κ1) is 7.75. The molecule has 0 aliphatic carbocycles. The van der Waals surface area contributed by atoms with Gasteiger partial charge in [-0.3, -0.25) is 0 Å². The van der Waals surface area contributed by atoms with Crippen LogP contribution in [-0.4, -0.2) is 18.9 Å². The first-order valence-corrected chi connectivity index (χ1v) is 3.72. The van der Waals surface area contributed by atoms with Gasteiger partial charge in [-0.05, 0) is 22.9 Å². The van der Waals surface area contributed by atoms with Crippen molar-refractivity contribution in [3.05, 3.63) is 10.6 Å². The molecule has 0 aromatic heterocycles. The Kier molecular flexibility index (Phi) is 2.45. The van der Waals surface area contributed by atoms with Crippen LogP contribution in [0.15, 0.2) is 10.6 Å². The van der Waals surface area contributed by atoms with E-state index in [0.29, 0.717) is 11.1 Å². The van der Waals surface area contributed by atoms with Crippen LogP contribution in [-0.2, 0) is 14.3 Å². The van der Waals surface area contributed by atoms with Gasteiger partial charge in [0.15, 0.2) is 0 Å². The van der Waals surface area contributed by atoms with Crippen LogP contribution in [0.2, 0.25) is 0 Å². The zero-order valence-corrected chi connectivity index (χ0v) is 7.05. The highest BCUT2D eigenvalue weighted by atomic mass is 79.9. The average molecular weight is 207 g/mol. The van der Waals surface area contributed by atoms with Crippen LogP contribution in [0, 0.1) is 0 Å². The fraction of sp³-hybridized carbons (Fsp3) is 0.500. The molecule has 0 aromatic carbocycles. The maximum atomic E-state index is 10.5. The Hall–Kier alpha value is -0.350. The Morgan fingerprint density at radius 3 is 3.00 bits per heavy atom. The summed E-state index contributed by atoms with van der Waals surface area (Å²) in [6, 6.07) is 0. The summed E-state index contributed by atoms with van der Waals surface area (Å²) in [4.78, 5) is 10.5. The molecule has 10 heavy (non-hydrogen) atoms. The molecular formula is C6H7BrO3. The maximum absolute atomic E-state index is 10.5. The monoisotopic (exact) mass is 206 g/mol. The molecule has 0 aromatic rings. The molecular weight excluding hydrogens is 200 g/mol. The smallest absolute Gasteiger partial charge is 0.334 e. The standard InChI is InChI=1S/C6H7BrO3/c1-2-9-6-4(7)3-5(8)10-6/h3,6H,2H2,1H3/t6-/m0/s1. The molecule has 1 heterocycles. The van der Waals surface area contributed by atoms with E-state index in [4.69, 9.17) is 9.47 Å². The first-order valence-electron chi connectivity index (χ1n) is 2.93. The summed E-state index contributed by atoms with van der Waals surface area (Å²) in [7, 11) is 0. The van der Waals surface area contributed by atoms with Crippen molar-refractivity contribution in [3.63, 3.8) is 0 Å². The molecule has 1 aliphatic heterocycles. The first-order chi connectivity index (χ1) is 4.74. The van der Waals surface area contributed by atoms with E-state index in [-0.39, 0.29) is 5.97 Å². The van der Waals surface area contributed by atoms with E-state index in [2.05, 4.69) is 15.9 Å². The van der Waals surface area contributed by atoms with E-state index >= 15 is 0 Å². The molecule has 0 spiro atoms. The van der Waals surface area contributed by atoms with Gasteiger partial charge in [-0.25, -0.2) is 4.79 Å². The maximum Gasteiger partial charge on any atom is 0.334 e. The molecule has 1 aliphatic rings. The summed E-state index contributed by atoms with van der Waals surface area (Å²) in [6.45, 7) is 2.37. The summed E-state index contributed by atoms with van der Waals surface area (Å²) in [5.74, 6) is -0.356. The molecule has 1 rings (SSSR count). The summed E-state index contributed by atoms with van der Waals surface area (Å²) in [5, 5.41) is 0. The molecule has 1 atom stereocenters. The molecule has 0 saturated heterocycles. The number of cyclic esters (lactones) is 1. The normalized spacial score (nSPS) is 24.4. The molecule has 0 saturated carbocycles. The zero-order chi connectivity index (χ0) is 7.56. The van der Waals surface area contributed by atoms with Gasteiger partial charge in [0, 0.05) is 12.7 Å². The van der Waals surface area contributed by atoms with Crippen LogP contribution in [0.25, 0.3) is 0 Å². The number of carbonyl (C=O) groups excluding carboxylic acids is 1. The van der Waals surface area contributed by atoms with Gasteiger partial charge in [-0.2, -0.15) is 0 Å². The third kappa shape index (κ3) is 1.58. The number of hydrogen-bond acceptors (Lipinski definition) is 3. The van der Waals surface area contributed by atoms with E-state index in [0.717, 1.165) is 0 Å². The predicted octanol–water partition coefficient (Wildman–Crippen LogP) is 1.18. The molecule has 0 unspecified atom stereocenters. The van der Waals surface area contributed by atoms with E-state index in [9.17, 15) is 4.79 Å². The lowest BCUT2D eigenvalue weighted by molar-refractivity contribution is -0.157. The van der Waals surface area contributed by atoms with Crippen molar-refractivity contribution in [2.24, 2.45) is 0 Å². The van der Waals surface area contributed by atoms with Crippen molar-refractivity contribution in [2.45, 2.75) is 13.2 Å². The van der Waals surface area contributed by atoms with E-state index < -0.39 is 6.29 Å². The van der Waals surface area contributed by atoms with Crippen molar-refractivity contribution < 1.29 is 14.3 Å². The number of ether oxygens (including phenoxy) is 2. The van der Waals surface area contributed by atoms with Gasteiger partial charge in [-0.1, -0.05) is 0 Å². The number of esters is 1. The topological polar surface area (TPSA) is 35.5 Å². The Balaban J connectivity index is 2.51. The quantitative estimate of drug-likeness (QED) is 0.638. The molecule has 0 amide bonds. The number of rotatable bonds is 2. The van der Waals surface area contributed by atoms with Gasteiger partial charge in [0.2, 0.25) is 6.29 Å². The van der Waals surface area contributed by atoms with E-state index in [1.54, 1.807) is 0 Å². The number of carbonyl (C=O) groups is 1. The minimum Gasteiger partial charge on any atom is -0.427 e. The van der Waals surface area contributed by atoms with Gasteiger partial charge >= 0.3 is 5.97 Å². The fourth-order valence-corrected chi connectivity index (χ4v) is 1.05. The second kappa shape index (κ2) is 3.16. The molecule has 3 nitrogen and oxygen atoms in total. The highest BCUT2D eigenvalue weighted by Gasteiger charge is 2.23. The van der Waals surface area contributed by atoms with Crippen molar-refractivity contribution in [1.82, 2.24) is 0 Å². The van der Waals surface area contributed by atoms with Crippen molar-refractivity contribution in [2.75, 3.05) is 6.61 Å². The average Bonchev–Trinajstić information content (AvgIpc) is 2.13. The highest BCUT2D eigenvalue weighted by Crippen LogP contribution is 2.21. The SMILES string of the molecule is CCO[C@H]1OC(=O)C=C1Br. The second-order valence-corrected chi connectivity index (χ2v) is 2.67. The second-order valence-electron chi connectivity index (χ2n) is 1.75. The van der Waals surface area contributed by atoms with Gasteiger partial charge in [-0.15, -0.1) is 0 Å². The Bertz CT molecular complexity index is 176. The number of halogens is 1. The Labute approximate surface area is 67.1 Å². The molecule has 0 radical (unpaired) electrons. The largest absolute Gasteiger partial charge is 0.427 e. The molecule has 56 valence electrons. The summed E-state index contributed by atoms with van der Waals surface area (Å²) in [5.41, 5.74) is 0. The van der Waals surface area contributed by atoms with Crippen molar-refractivity contribution >= 4 is 21.9 Å². The van der Waals surface area contributed by atoms with Crippen LogP contribution >= 0.6 is 15.9 Å². The lowest BCUT2D eigenvalue weighted by Crippen LogP contribution is -2.13. The zero-order valence-electron chi connectivity index (χ0n) is 5.46. The molecule has 0 N–H and O–H groups in total. The van der Waals surface area contributed by atoms with Crippen LogP contribution in [0.4, 0.5) is 0 Å². The van der Waals surface area contributed by atoms with Gasteiger partial charge in [0.1, 0.15) is 0 Å². The van der Waals surface area contributed by atoms with Crippen LogP contribution in [0.5, 0.6) is 0 Å². The summed E-state index contributed by atoms with van der Waals surface area (Å²) in [6.07, 6.45) is 0.845. The van der Waals surface area contributed by atoms with Crippen molar-refractivity contribution in [1.29, 1.82) is 0 Å². The summed E-state index contributed by atoms with van der Waals surface area (Å²) < 4.78 is 10.4. The van der Waals surface area contributed by atoms with Gasteiger partial charge in [0.05, 0.1) is 4.48 Å². The summed E-state index contributed by atoms with van der Waals surface area (Å²) >= 11 is 3.14. The van der Waals surface area contributed by atoms with Crippen molar-refractivity contribution in [3.8, 4) is 0 Å². The van der Waals surface area contributed by atoms with Gasteiger partial charge in [0.25, 0.3) is 0 Å². The lowest BCUT2D eigenvalue weighted by Gasteiger charge is -2.08. The highest BCUT2D eigenvalue weighted by molar-refractivity contribution is 9.11. The van der Waals surface area contributed by atoms with E-state index in [1.807, 2.05) is 6.92 Å². The fourth-order valence-electron chi connectivity index (χ4n) is 0.641. The van der Waals surface area contributed by atoms with Crippen LogP contribution in [0.3, 0.4) is 0 Å². The molecule has 0 bridgehead atoms. The third-order valence-corrected chi connectivity index (χ3v) is 1.62. The predicted molar refractivity (Wildman–Crippen MR) is 38.5 cm³/mol. The Morgan fingerprint density at radius 2 is 2.60 bits per heavy atom. The Morgan fingerprint density at radius 1 is 1.90 bits per heavy atom. The number of hydrogen-bond donors (Lipinski definition) is 0. The van der Waals surface area contributed by atoms with E-state index in [1.165, 1.54) is 6.08 Å². The minimum atomic E-state index is -0.516. The lowest BCUT2D eigenvalue weighted by atomic mass is 10.5. The van der Waals surface area contributed by atoms with Crippen LogP contribution in [0.1, 0.15) is 6.92 Å². The minimum absolute atomic E-state index is 0.356. The third-order valence-electron chi connectivity index (χ3n) is 1.02. The molecule has 4 heteroatoms.